The summed E-state index contributed by atoms with van der Waals surface area (Å²) in [7, 11) is -14.4. The van der Waals surface area contributed by atoms with E-state index in [0.717, 1.165) is 30.3 Å². The molecule has 62 heavy (non-hydrogen) atoms. The molecule has 5 rings (SSSR count). The maximum Gasteiger partial charge on any atom is 0.295 e. The van der Waals surface area contributed by atoms with E-state index in [1.54, 1.807) is 0 Å². The minimum Gasteiger partial charge on any atom is -0.395 e. The monoisotopic (exact) mass is 939 g/mol. The molecule has 5 aromatic rings. The molecule has 0 aliphatic carbocycles. The molecular weight excluding hydrogens is 902 g/mol. The van der Waals surface area contributed by atoms with Gasteiger partial charge in [-0.1, -0.05) is 24.3 Å². The van der Waals surface area contributed by atoms with Gasteiger partial charge >= 0.3 is 0 Å². The van der Waals surface area contributed by atoms with Crippen LogP contribution in [-0.4, -0.2) is 142 Å². The van der Waals surface area contributed by atoms with E-state index in [2.05, 4.69) is 45.9 Å². The van der Waals surface area contributed by atoms with Crippen LogP contribution in [0, 0.1) is 0 Å². The molecule has 0 radical (unpaired) electrons. The van der Waals surface area contributed by atoms with E-state index in [0.29, 0.717) is 0 Å². The van der Waals surface area contributed by atoms with Gasteiger partial charge in [0.2, 0.25) is 35.0 Å². The molecule has 24 nitrogen and oxygen atoms in total. The Hall–Kier alpha value is -5.72. The van der Waals surface area contributed by atoms with Crippen molar-refractivity contribution < 1.29 is 59.3 Å². The first-order valence-electron chi connectivity index (χ1n) is 17.7. The van der Waals surface area contributed by atoms with Crippen LogP contribution < -0.4 is 25.8 Å². The van der Waals surface area contributed by atoms with Crippen molar-refractivity contribution >= 4 is 101 Å². The SMILES string of the molecule is O=S(=O)(O)c1ccc(Nc2nc(Nc3ccc(/C=C/c4ccc(Nc5nc(Cl)nc(N(CCO)CCO)n5)cc4S(=O)(=O)O)c(S(=O)(=O)O)c3)nc(N(CCO)CCO)n2)cc1. The van der Waals surface area contributed by atoms with Crippen molar-refractivity contribution in [3.8, 4) is 0 Å². The van der Waals surface area contributed by atoms with Gasteiger partial charge in [0.15, 0.2) is 0 Å². The van der Waals surface area contributed by atoms with Gasteiger partial charge < -0.3 is 46.2 Å². The maximum absolute atomic E-state index is 12.6. The maximum atomic E-state index is 12.6. The van der Waals surface area contributed by atoms with Crippen molar-refractivity contribution in [1.82, 2.24) is 29.9 Å². The van der Waals surface area contributed by atoms with Gasteiger partial charge in [0.1, 0.15) is 9.79 Å². The molecule has 2 aromatic heterocycles. The van der Waals surface area contributed by atoms with E-state index in [9.17, 15) is 59.3 Å². The molecule has 332 valence electrons. The molecule has 0 amide bonds. The van der Waals surface area contributed by atoms with Crippen LogP contribution in [0.1, 0.15) is 11.1 Å². The van der Waals surface area contributed by atoms with Crippen LogP contribution in [0.15, 0.2) is 75.4 Å². The lowest BCUT2D eigenvalue weighted by Crippen LogP contribution is -2.31. The van der Waals surface area contributed by atoms with Crippen LogP contribution in [0.3, 0.4) is 0 Å². The minimum atomic E-state index is -4.97. The second kappa shape index (κ2) is 20.4. The van der Waals surface area contributed by atoms with Crippen molar-refractivity contribution in [3.63, 3.8) is 0 Å². The molecule has 2 heterocycles. The van der Waals surface area contributed by atoms with Crippen LogP contribution in [0.2, 0.25) is 5.28 Å². The van der Waals surface area contributed by atoms with Gasteiger partial charge in [-0.3, -0.25) is 13.7 Å². The molecule has 0 aliphatic heterocycles. The number of benzene rings is 3. The number of aromatic nitrogens is 6. The fraction of sp³-hybridized carbons (Fsp3) is 0.235. The Morgan fingerprint density at radius 2 is 0.871 bits per heavy atom. The third kappa shape index (κ3) is 12.9. The zero-order valence-electron chi connectivity index (χ0n) is 31.8. The Morgan fingerprint density at radius 1 is 0.500 bits per heavy atom. The van der Waals surface area contributed by atoms with Gasteiger partial charge in [-0.05, 0) is 71.3 Å². The van der Waals surface area contributed by atoms with E-state index in [1.807, 2.05) is 0 Å². The summed E-state index contributed by atoms with van der Waals surface area (Å²) in [5.41, 5.74) is 0.0884. The highest BCUT2D eigenvalue weighted by molar-refractivity contribution is 7.86. The van der Waals surface area contributed by atoms with Gasteiger partial charge in [-0.15, -0.1) is 0 Å². The Balaban J connectivity index is 1.46. The van der Waals surface area contributed by atoms with Crippen molar-refractivity contribution in [1.29, 1.82) is 0 Å². The number of hydrogen-bond acceptors (Lipinski definition) is 21. The fourth-order valence-electron chi connectivity index (χ4n) is 5.48. The molecule has 28 heteroatoms. The van der Waals surface area contributed by atoms with E-state index in [4.69, 9.17) is 11.6 Å². The first kappa shape index (κ1) is 47.3. The molecule has 3 aromatic carbocycles. The summed E-state index contributed by atoms with van der Waals surface area (Å²) in [5.74, 6) is -0.552. The predicted molar refractivity (Wildman–Crippen MR) is 225 cm³/mol. The van der Waals surface area contributed by atoms with Crippen molar-refractivity contribution in [2.45, 2.75) is 14.7 Å². The highest BCUT2D eigenvalue weighted by Crippen LogP contribution is 2.29. The normalized spacial score (nSPS) is 12.1. The molecule has 0 atom stereocenters. The third-order valence-electron chi connectivity index (χ3n) is 8.21. The lowest BCUT2D eigenvalue weighted by atomic mass is 10.1. The van der Waals surface area contributed by atoms with Gasteiger partial charge in [0.25, 0.3) is 30.4 Å². The Bertz CT molecular complexity index is 2740. The summed E-state index contributed by atoms with van der Waals surface area (Å²) in [6.45, 7) is -1.26. The second-order valence-electron chi connectivity index (χ2n) is 12.5. The van der Waals surface area contributed by atoms with Gasteiger partial charge in [0, 0.05) is 43.2 Å². The van der Waals surface area contributed by atoms with Crippen LogP contribution >= 0.6 is 11.6 Å². The molecular formula is C34H38ClN11O13S3. The lowest BCUT2D eigenvalue weighted by molar-refractivity contribution is 0.279. The summed E-state index contributed by atoms with van der Waals surface area (Å²) in [4.78, 5) is 26.2. The zero-order valence-corrected chi connectivity index (χ0v) is 35.1. The van der Waals surface area contributed by atoms with Crippen LogP contribution in [-0.2, 0) is 30.4 Å². The number of anilines is 8. The van der Waals surface area contributed by atoms with Crippen LogP contribution in [0.25, 0.3) is 12.2 Å². The van der Waals surface area contributed by atoms with E-state index >= 15 is 0 Å². The predicted octanol–water partition coefficient (Wildman–Crippen LogP) is 1.43. The highest BCUT2D eigenvalue weighted by atomic mass is 35.5. The number of halogens is 1. The number of nitrogens with zero attached hydrogens (tertiary/aromatic N) is 8. The molecule has 0 bridgehead atoms. The Morgan fingerprint density at radius 3 is 1.26 bits per heavy atom. The molecule has 0 fully saturated rings. The smallest absolute Gasteiger partial charge is 0.295 e. The number of nitrogens with one attached hydrogen (secondary N) is 3. The highest BCUT2D eigenvalue weighted by Gasteiger charge is 2.20. The number of aliphatic hydroxyl groups is 4. The lowest BCUT2D eigenvalue weighted by Gasteiger charge is -2.21. The minimum absolute atomic E-state index is 0.00667. The number of hydrogen-bond donors (Lipinski definition) is 10. The first-order valence-corrected chi connectivity index (χ1v) is 22.4. The summed E-state index contributed by atoms with van der Waals surface area (Å²) >= 11 is 6.06. The number of rotatable bonds is 21. The zero-order chi connectivity index (χ0) is 45.2. The molecule has 0 unspecified atom stereocenters. The van der Waals surface area contributed by atoms with Gasteiger partial charge in [-0.2, -0.15) is 55.2 Å². The molecule has 0 aliphatic rings. The van der Waals surface area contributed by atoms with Crippen LogP contribution in [0.5, 0.6) is 0 Å². The molecule has 0 spiro atoms. The third-order valence-corrected chi connectivity index (χ3v) is 11.1. The second-order valence-corrected chi connectivity index (χ2v) is 17.1. The Kier molecular flexibility index (Phi) is 15.6. The van der Waals surface area contributed by atoms with Crippen molar-refractivity contribution in [3.05, 3.63) is 77.1 Å². The molecule has 0 saturated carbocycles. The summed E-state index contributed by atoms with van der Waals surface area (Å²) in [6.07, 6.45) is 2.33. The standard InChI is InChI=1S/C34H38ClN11O13S3/c35-29-39-30(42-33(40-29)45(11-15-47)12-16-48)37-24-5-3-21(27(19-24)61(54,55)56)1-2-22-4-6-25(20-28(22)62(57,58)59)38-32-41-31(43-34(44-32)46(13-17-49)14-18-50)36-23-7-9-26(10-8-23)60(51,52)53/h1-10,19-20,47-50H,11-18H2,(H,51,52,53)(H,54,55,56)(H,57,58,59)(H,37,39,40,42)(H2,36,38,41,43,44)/b2-1+. The fourth-order valence-corrected chi connectivity index (χ4v) is 7.54. The van der Waals surface area contributed by atoms with Crippen molar-refractivity contribution in [2.24, 2.45) is 0 Å². The first-order chi connectivity index (χ1) is 29.3. The Labute approximate surface area is 358 Å². The van der Waals surface area contributed by atoms with Crippen molar-refractivity contribution in [2.75, 3.05) is 78.4 Å². The average Bonchev–Trinajstić information content (AvgIpc) is 3.19. The number of aliphatic hydroxyl groups excluding tert-OH is 4. The van der Waals surface area contributed by atoms with Crippen LogP contribution in [0.4, 0.5) is 46.8 Å². The summed E-state index contributed by atoms with van der Waals surface area (Å²) < 4.78 is 103. The average molecular weight is 940 g/mol. The quantitative estimate of drug-likeness (QED) is 0.0367. The largest absolute Gasteiger partial charge is 0.395 e. The summed E-state index contributed by atoms with van der Waals surface area (Å²) in [5, 5.41) is 46.1. The van der Waals surface area contributed by atoms with E-state index in [1.165, 1.54) is 52.3 Å². The van der Waals surface area contributed by atoms with E-state index in [-0.39, 0.29) is 121 Å². The molecule has 10 N–H and O–H groups in total. The summed E-state index contributed by atoms with van der Waals surface area (Å²) in [6, 6.07) is 12.2. The van der Waals surface area contributed by atoms with Gasteiger partial charge in [0.05, 0.1) is 31.3 Å². The van der Waals surface area contributed by atoms with Gasteiger partial charge in [-0.25, -0.2) is 0 Å². The topological polar surface area (TPSA) is 364 Å². The van der Waals surface area contributed by atoms with E-state index < -0.39 is 40.1 Å². The molecule has 0 saturated heterocycles.